The third-order valence-corrected chi connectivity index (χ3v) is 3.02. The highest BCUT2D eigenvalue weighted by Crippen LogP contribution is 2.11. The van der Waals surface area contributed by atoms with Gasteiger partial charge in [0.1, 0.15) is 0 Å². The van der Waals surface area contributed by atoms with Crippen LogP contribution >= 0.6 is 0 Å². The fraction of sp³-hybridized carbons (Fsp3) is 0.533. The zero-order valence-electron chi connectivity index (χ0n) is 13.2. The van der Waals surface area contributed by atoms with Gasteiger partial charge in [0, 0.05) is 24.2 Å². The summed E-state index contributed by atoms with van der Waals surface area (Å²) in [5.41, 5.74) is -0.0689. The summed E-state index contributed by atoms with van der Waals surface area (Å²) in [6.07, 6.45) is 0. The van der Waals surface area contributed by atoms with Gasteiger partial charge in [0.05, 0.1) is 10.5 Å². The van der Waals surface area contributed by atoms with E-state index in [1.54, 1.807) is 0 Å². The first-order valence-electron chi connectivity index (χ1n) is 6.94. The van der Waals surface area contributed by atoms with E-state index in [1.807, 2.05) is 0 Å². The molecular formula is C15H24N2O4. The second kappa shape index (κ2) is 9.07. The van der Waals surface area contributed by atoms with Gasteiger partial charge in [-0.05, 0) is 46.4 Å². The van der Waals surface area contributed by atoms with Crippen LogP contribution in [0.1, 0.15) is 45.0 Å². The van der Waals surface area contributed by atoms with Crippen LogP contribution in [0.25, 0.3) is 0 Å². The van der Waals surface area contributed by atoms with E-state index in [0.29, 0.717) is 12.1 Å². The molecule has 0 saturated carbocycles. The van der Waals surface area contributed by atoms with Crippen LogP contribution in [0.2, 0.25) is 0 Å². The van der Waals surface area contributed by atoms with Gasteiger partial charge in [-0.25, -0.2) is 4.79 Å². The van der Waals surface area contributed by atoms with Gasteiger partial charge in [-0.15, -0.1) is 0 Å². The minimum Gasteiger partial charge on any atom is -0.478 e. The maximum absolute atomic E-state index is 10.3. The van der Waals surface area contributed by atoms with Gasteiger partial charge < -0.3 is 5.11 Å². The van der Waals surface area contributed by atoms with Crippen LogP contribution in [0.3, 0.4) is 0 Å². The number of hydrogen-bond donors (Lipinski definition) is 1. The lowest BCUT2D eigenvalue weighted by atomic mass is 10.2. The first-order valence-corrected chi connectivity index (χ1v) is 6.94. The molecule has 6 heteroatoms. The quantitative estimate of drug-likeness (QED) is 0.665. The number of nitrogens with zero attached hydrogens (tertiary/aromatic N) is 2. The van der Waals surface area contributed by atoms with Crippen molar-refractivity contribution in [3.8, 4) is 0 Å². The molecule has 118 valence electrons. The van der Waals surface area contributed by atoms with E-state index in [-0.39, 0.29) is 11.3 Å². The maximum atomic E-state index is 10.3. The molecule has 0 aliphatic heterocycles. The van der Waals surface area contributed by atoms with Crippen molar-refractivity contribution in [2.24, 2.45) is 0 Å². The number of nitro groups is 1. The molecular weight excluding hydrogens is 272 g/mol. The van der Waals surface area contributed by atoms with Gasteiger partial charge >= 0.3 is 5.97 Å². The lowest BCUT2D eigenvalue weighted by molar-refractivity contribution is -0.384. The molecule has 1 aromatic rings. The molecule has 0 saturated heterocycles. The molecule has 21 heavy (non-hydrogen) atoms. The van der Waals surface area contributed by atoms with E-state index < -0.39 is 10.9 Å². The van der Waals surface area contributed by atoms with E-state index in [1.165, 1.54) is 12.1 Å². The predicted molar refractivity (Wildman–Crippen MR) is 82.7 cm³/mol. The molecule has 0 bridgehead atoms. The molecule has 0 aliphatic carbocycles. The summed E-state index contributed by atoms with van der Waals surface area (Å²) in [6, 6.07) is 6.08. The van der Waals surface area contributed by atoms with Crippen LogP contribution in [-0.4, -0.2) is 39.5 Å². The van der Waals surface area contributed by atoms with Crippen molar-refractivity contribution in [3.63, 3.8) is 0 Å². The molecule has 0 atom stereocenters. The summed E-state index contributed by atoms with van der Waals surface area (Å²) in [4.78, 5) is 22.3. The van der Waals surface area contributed by atoms with Crippen molar-refractivity contribution in [1.29, 1.82) is 0 Å². The van der Waals surface area contributed by atoms with Crippen molar-refractivity contribution < 1.29 is 14.8 Å². The smallest absolute Gasteiger partial charge is 0.335 e. The van der Waals surface area contributed by atoms with Crippen molar-refractivity contribution in [1.82, 2.24) is 4.90 Å². The molecule has 1 aromatic carbocycles. The number of carbonyl (C=O) groups is 1. The van der Waals surface area contributed by atoms with Gasteiger partial charge in [-0.3, -0.25) is 15.0 Å². The highest BCUT2D eigenvalue weighted by molar-refractivity contribution is 5.87. The van der Waals surface area contributed by atoms with Gasteiger partial charge in [0.25, 0.3) is 5.69 Å². The van der Waals surface area contributed by atoms with E-state index in [9.17, 15) is 14.9 Å². The van der Waals surface area contributed by atoms with Crippen LogP contribution in [0.4, 0.5) is 5.69 Å². The number of nitro benzene ring substituents is 1. The highest BCUT2D eigenvalue weighted by Gasteiger charge is 2.09. The minimum absolute atomic E-state index is 0.0422. The first kappa shape index (κ1) is 19.1. The largest absolute Gasteiger partial charge is 0.478 e. The molecule has 1 rings (SSSR count). The second-order valence-corrected chi connectivity index (χ2v) is 5.13. The number of benzene rings is 1. The highest BCUT2D eigenvalue weighted by atomic mass is 16.6. The Hall–Kier alpha value is -1.95. The van der Waals surface area contributed by atoms with Crippen LogP contribution in [0.15, 0.2) is 24.3 Å². The Kier molecular flexibility index (Phi) is 8.23. The van der Waals surface area contributed by atoms with Crippen LogP contribution in [0, 0.1) is 10.1 Å². The Morgan fingerprint density at radius 1 is 1.19 bits per heavy atom. The minimum atomic E-state index is -1.09. The van der Waals surface area contributed by atoms with E-state index in [4.69, 9.17) is 5.11 Å². The van der Waals surface area contributed by atoms with E-state index in [2.05, 4.69) is 39.5 Å². The number of non-ortho nitro benzene ring substituents is 1. The number of aromatic carboxylic acids is 1. The van der Waals surface area contributed by atoms with Crippen molar-refractivity contribution >= 4 is 11.7 Å². The van der Waals surface area contributed by atoms with E-state index in [0.717, 1.165) is 18.7 Å². The van der Waals surface area contributed by atoms with Crippen LogP contribution < -0.4 is 0 Å². The number of hydrogen-bond acceptors (Lipinski definition) is 4. The summed E-state index contributed by atoms with van der Waals surface area (Å²) in [6.45, 7) is 12.3. The molecule has 0 heterocycles. The number of carboxylic acids is 1. The Labute approximate surface area is 125 Å². The van der Waals surface area contributed by atoms with Gasteiger partial charge in [-0.2, -0.15) is 0 Å². The predicted octanol–water partition coefficient (Wildman–Crippen LogP) is 3.42. The molecule has 0 spiro atoms. The topological polar surface area (TPSA) is 83.7 Å². The average Bonchev–Trinajstić information content (AvgIpc) is 2.39. The Morgan fingerprint density at radius 2 is 1.62 bits per heavy atom. The third-order valence-electron chi connectivity index (χ3n) is 3.02. The lowest BCUT2D eigenvalue weighted by Crippen LogP contribution is -2.36. The van der Waals surface area contributed by atoms with Gasteiger partial charge in [0.2, 0.25) is 0 Å². The molecule has 1 N–H and O–H groups in total. The molecule has 0 amide bonds. The van der Waals surface area contributed by atoms with Crippen LogP contribution in [0.5, 0.6) is 0 Å². The van der Waals surface area contributed by atoms with E-state index >= 15 is 0 Å². The Bertz CT molecular complexity index is 414. The van der Waals surface area contributed by atoms with Crippen molar-refractivity contribution in [3.05, 3.63) is 39.9 Å². The fourth-order valence-electron chi connectivity index (χ4n) is 2.05. The zero-order chi connectivity index (χ0) is 16.6. The molecule has 0 aliphatic rings. The molecule has 0 radical (unpaired) electrons. The average molecular weight is 296 g/mol. The second-order valence-electron chi connectivity index (χ2n) is 5.13. The zero-order valence-corrected chi connectivity index (χ0v) is 13.2. The maximum Gasteiger partial charge on any atom is 0.335 e. The molecule has 0 unspecified atom stereocenters. The first-order chi connectivity index (χ1) is 9.70. The summed E-state index contributed by atoms with van der Waals surface area (Å²) < 4.78 is 0. The molecule has 0 aromatic heterocycles. The van der Waals surface area contributed by atoms with Crippen LogP contribution in [-0.2, 0) is 0 Å². The van der Waals surface area contributed by atoms with Crippen molar-refractivity contribution in [2.45, 2.75) is 46.7 Å². The van der Waals surface area contributed by atoms with Gasteiger partial charge in [0.15, 0.2) is 0 Å². The Morgan fingerprint density at radius 3 is 1.81 bits per heavy atom. The number of carboxylic acid groups (broad SMARTS) is 1. The summed E-state index contributed by atoms with van der Waals surface area (Å²) in [5.74, 6) is -1.09. The Balaban J connectivity index is 0.000000400. The molecule has 6 nitrogen and oxygen atoms in total. The molecule has 0 fully saturated rings. The summed E-state index contributed by atoms with van der Waals surface area (Å²) in [5, 5.41) is 18.6. The fourth-order valence-corrected chi connectivity index (χ4v) is 2.05. The monoisotopic (exact) mass is 296 g/mol. The summed E-state index contributed by atoms with van der Waals surface area (Å²) in [7, 11) is 0. The van der Waals surface area contributed by atoms with Crippen molar-refractivity contribution in [2.75, 3.05) is 6.54 Å². The standard InChI is InChI=1S/C8H19N.C7H5NO4/c1-6-9(7(2)3)8(4)5;9-7(10)5-1-3-6(4-2-5)8(11)12/h7-8H,6H2,1-5H3;1-4H,(H,9,10). The third kappa shape index (κ3) is 6.85. The normalized spacial score (nSPS) is 10.5. The van der Waals surface area contributed by atoms with Gasteiger partial charge in [-0.1, -0.05) is 6.92 Å². The SMILES string of the molecule is CCN(C(C)C)C(C)C.O=C(O)c1ccc([N+](=O)[O-])cc1. The summed E-state index contributed by atoms with van der Waals surface area (Å²) >= 11 is 0. The lowest BCUT2D eigenvalue weighted by Gasteiger charge is -2.28. The number of rotatable bonds is 5.